The summed E-state index contributed by atoms with van der Waals surface area (Å²) in [6.45, 7) is 2.84. The van der Waals surface area contributed by atoms with E-state index in [1.54, 1.807) is 0 Å². The Hall–Kier alpha value is -2.08. The Balaban J connectivity index is 1.74. The highest BCUT2D eigenvalue weighted by Crippen LogP contribution is 2.24. The molecule has 1 atom stereocenters. The minimum atomic E-state index is 0.0833. The Morgan fingerprint density at radius 3 is 2.79 bits per heavy atom. The standard InChI is InChI=1S/C23H35N3O3/c1-24(2)18-23(28)25-13-6-10-22(27)26-14-4-3-8-20(26)12-11-19-7-5-9-21(17-19)29-16-15-25/h5,7,9,17,20H,3-4,6,8,10-16,18H2,1-2H3. The van der Waals surface area contributed by atoms with Crippen LogP contribution in [0.1, 0.15) is 44.1 Å². The number of aryl methyl sites for hydroxylation is 1. The van der Waals surface area contributed by atoms with Gasteiger partial charge in [0, 0.05) is 25.6 Å². The van der Waals surface area contributed by atoms with Crippen LogP contribution in [0.15, 0.2) is 24.3 Å². The molecule has 0 saturated carbocycles. The predicted octanol–water partition coefficient (Wildman–Crippen LogP) is 2.56. The maximum absolute atomic E-state index is 12.9. The molecule has 6 heteroatoms. The van der Waals surface area contributed by atoms with Crippen LogP contribution >= 0.6 is 0 Å². The zero-order chi connectivity index (χ0) is 20.6. The number of likely N-dealkylation sites (N-methyl/N-ethyl adjacent to an activating group) is 1. The first kappa shape index (κ1) is 21.6. The van der Waals surface area contributed by atoms with Crippen molar-refractivity contribution in [2.24, 2.45) is 0 Å². The third kappa shape index (κ3) is 6.46. The normalized spacial score (nSPS) is 21.8. The number of hydrogen-bond acceptors (Lipinski definition) is 4. The highest BCUT2D eigenvalue weighted by atomic mass is 16.5. The molecule has 0 N–H and O–H groups in total. The van der Waals surface area contributed by atoms with Crippen LogP contribution in [0.5, 0.6) is 5.75 Å². The van der Waals surface area contributed by atoms with Gasteiger partial charge < -0.3 is 19.4 Å². The van der Waals surface area contributed by atoms with Crippen LogP contribution in [0, 0.1) is 0 Å². The highest BCUT2D eigenvalue weighted by Gasteiger charge is 2.26. The van der Waals surface area contributed by atoms with Crippen LogP contribution in [0.3, 0.4) is 0 Å². The second kappa shape index (κ2) is 10.6. The van der Waals surface area contributed by atoms with Gasteiger partial charge >= 0.3 is 0 Å². The Labute approximate surface area is 174 Å². The van der Waals surface area contributed by atoms with Gasteiger partial charge in [0.25, 0.3) is 0 Å². The highest BCUT2D eigenvalue weighted by molar-refractivity contribution is 5.79. The maximum atomic E-state index is 12.9. The van der Waals surface area contributed by atoms with Crippen LogP contribution < -0.4 is 4.74 Å². The fourth-order valence-electron chi connectivity index (χ4n) is 4.32. The number of benzene rings is 1. The molecule has 6 nitrogen and oxygen atoms in total. The van der Waals surface area contributed by atoms with Crippen molar-refractivity contribution in [3.05, 3.63) is 29.8 Å². The number of fused-ring (bicyclic) bond motifs is 3. The second-order valence-electron chi connectivity index (χ2n) is 8.49. The molecule has 3 rings (SSSR count). The van der Waals surface area contributed by atoms with Gasteiger partial charge in [0.15, 0.2) is 0 Å². The minimum absolute atomic E-state index is 0.0833. The zero-order valence-corrected chi connectivity index (χ0v) is 17.9. The molecule has 160 valence electrons. The van der Waals surface area contributed by atoms with Gasteiger partial charge in [-0.25, -0.2) is 0 Å². The predicted molar refractivity (Wildman–Crippen MR) is 114 cm³/mol. The Morgan fingerprint density at radius 1 is 1.10 bits per heavy atom. The summed E-state index contributed by atoms with van der Waals surface area (Å²) in [5, 5.41) is 0. The molecule has 0 spiro atoms. The van der Waals surface area contributed by atoms with Crippen molar-refractivity contribution in [1.82, 2.24) is 14.7 Å². The van der Waals surface area contributed by atoms with E-state index < -0.39 is 0 Å². The largest absolute Gasteiger partial charge is 0.492 e. The summed E-state index contributed by atoms with van der Waals surface area (Å²) < 4.78 is 5.95. The monoisotopic (exact) mass is 401 g/mol. The first-order chi connectivity index (χ1) is 14.0. The molecule has 2 heterocycles. The Kier molecular flexibility index (Phi) is 7.92. The lowest BCUT2D eigenvalue weighted by Gasteiger charge is -2.36. The third-order valence-corrected chi connectivity index (χ3v) is 5.86. The molecule has 29 heavy (non-hydrogen) atoms. The maximum Gasteiger partial charge on any atom is 0.236 e. The molecule has 1 aromatic rings. The van der Waals surface area contributed by atoms with Crippen LogP contribution in [-0.2, 0) is 16.0 Å². The van der Waals surface area contributed by atoms with Crippen LogP contribution in [-0.4, -0.2) is 79.4 Å². The number of piperidine rings is 1. The molecule has 0 radical (unpaired) electrons. The SMILES string of the molecule is CN(C)CC(=O)N1CCCC(=O)N2CCCCC2CCc2cccc(c2)OCC1. The minimum Gasteiger partial charge on any atom is -0.492 e. The number of ether oxygens (including phenoxy) is 1. The first-order valence-corrected chi connectivity index (χ1v) is 11.0. The average Bonchev–Trinajstić information content (AvgIpc) is 2.70. The molecule has 1 aromatic carbocycles. The number of hydrogen-bond donors (Lipinski definition) is 0. The van der Waals surface area contributed by atoms with E-state index in [0.29, 0.717) is 45.1 Å². The molecule has 2 aliphatic rings. The number of carbonyl (C=O) groups is 2. The van der Waals surface area contributed by atoms with E-state index in [1.807, 2.05) is 36.0 Å². The van der Waals surface area contributed by atoms with Crippen LogP contribution in [0.2, 0.25) is 0 Å². The molecule has 2 amide bonds. The summed E-state index contributed by atoms with van der Waals surface area (Å²) in [4.78, 5) is 31.4. The molecular formula is C23H35N3O3. The molecular weight excluding hydrogens is 366 g/mol. The van der Waals surface area contributed by atoms with Gasteiger partial charge in [-0.3, -0.25) is 9.59 Å². The van der Waals surface area contributed by atoms with Crippen molar-refractivity contribution in [3.8, 4) is 5.75 Å². The summed E-state index contributed by atoms with van der Waals surface area (Å²) in [6.07, 6.45) is 6.56. The van der Waals surface area contributed by atoms with Crippen molar-refractivity contribution < 1.29 is 14.3 Å². The van der Waals surface area contributed by atoms with Crippen molar-refractivity contribution in [2.75, 3.05) is 46.9 Å². The average molecular weight is 402 g/mol. The van der Waals surface area contributed by atoms with E-state index >= 15 is 0 Å². The van der Waals surface area contributed by atoms with Gasteiger partial charge in [-0.05, 0) is 70.3 Å². The molecule has 2 aliphatic heterocycles. The van der Waals surface area contributed by atoms with E-state index in [9.17, 15) is 9.59 Å². The van der Waals surface area contributed by atoms with Crippen molar-refractivity contribution in [3.63, 3.8) is 0 Å². The molecule has 1 unspecified atom stereocenters. The summed E-state index contributed by atoms with van der Waals surface area (Å²) in [7, 11) is 3.79. The van der Waals surface area contributed by atoms with Gasteiger partial charge in [0.05, 0.1) is 13.1 Å². The van der Waals surface area contributed by atoms with Gasteiger partial charge in [-0.1, -0.05) is 12.1 Å². The van der Waals surface area contributed by atoms with Gasteiger partial charge in [0.2, 0.25) is 11.8 Å². The smallest absolute Gasteiger partial charge is 0.236 e. The van der Waals surface area contributed by atoms with Crippen molar-refractivity contribution in [1.29, 1.82) is 0 Å². The number of rotatable bonds is 2. The fourth-order valence-corrected chi connectivity index (χ4v) is 4.32. The van der Waals surface area contributed by atoms with Gasteiger partial charge in [-0.2, -0.15) is 0 Å². The number of carbonyl (C=O) groups excluding carboxylic acids is 2. The van der Waals surface area contributed by atoms with Crippen molar-refractivity contribution in [2.45, 2.75) is 51.0 Å². The Bertz CT molecular complexity index is 692. The zero-order valence-electron chi connectivity index (χ0n) is 17.9. The summed E-state index contributed by atoms with van der Waals surface area (Å²) in [6, 6.07) is 8.57. The molecule has 1 fully saturated rings. The van der Waals surface area contributed by atoms with Gasteiger partial charge in [-0.15, -0.1) is 0 Å². The second-order valence-corrected chi connectivity index (χ2v) is 8.49. The lowest BCUT2D eigenvalue weighted by molar-refractivity contribution is -0.136. The van der Waals surface area contributed by atoms with E-state index in [1.165, 1.54) is 12.0 Å². The van der Waals surface area contributed by atoms with E-state index in [2.05, 4.69) is 17.0 Å². The fraction of sp³-hybridized carbons (Fsp3) is 0.652. The van der Waals surface area contributed by atoms with E-state index in [0.717, 1.165) is 38.0 Å². The van der Waals surface area contributed by atoms with E-state index in [-0.39, 0.29) is 11.8 Å². The van der Waals surface area contributed by atoms with Crippen LogP contribution in [0.25, 0.3) is 0 Å². The molecule has 1 saturated heterocycles. The molecule has 0 aliphatic carbocycles. The third-order valence-electron chi connectivity index (χ3n) is 5.86. The number of amides is 2. The Morgan fingerprint density at radius 2 is 1.97 bits per heavy atom. The lowest BCUT2D eigenvalue weighted by atomic mass is 9.95. The molecule has 2 bridgehead atoms. The number of nitrogens with zero attached hydrogens (tertiary/aromatic N) is 3. The summed E-state index contributed by atoms with van der Waals surface area (Å²) in [5.74, 6) is 1.18. The van der Waals surface area contributed by atoms with Crippen molar-refractivity contribution >= 4 is 11.8 Å². The molecule has 0 aromatic heterocycles. The topological polar surface area (TPSA) is 53.1 Å². The lowest BCUT2D eigenvalue weighted by Crippen LogP contribution is -2.44. The van der Waals surface area contributed by atoms with Crippen LogP contribution in [0.4, 0.5) is 0 Å². The first-order valence-electron chi connectivity index (χ1n) is 11.0. The summed E-state index contributed by atoms with van der Waals surface area (Å²) in [5.41, 5.74) is 1.25. The quantitative estimate of drug-likeness (QED) is 0.764. The summed E-state index contributed by atoms with van der Waals surface area (Å²) >= 11 is 0. The van der Waals surface area contributed by atoms with Gasteiger partial charge in [0.1, 0.15) is 12.4 Å². The van der Waals surface area contributed by atoms with E-state index in [4.69, 9.17) is 4.74 Å².